The Hall–Kier alpha value is -3.72. The van der Waals surface area contributed by atoms with Gasteiger partial charge < -0.3 is 9.90 Å². The zero-order valence-corrected chi connectivity index (χ0v) is 21.3. The van der Waals surface area contributed by atoms with Gasteiger partial charge in [-0.1, -0.05) is 44.2 Å². The molecule has 0 aliphatic heterocycles. The predicted octanol–water partition coefficient (Wildman–Crippen LogP) is 5.79. The first-order valence-corrected chi connectivity index (χ1v) is 13.2. The number of halogens is 3. The number of nitrogens with zero attached hydrogens (tertiary/aromatic N) is 1. The average Bonchev–Trinajstić information content (AvgIpc) is 2.81. The second kappa shape index (κ2) is 9.30. The predicted molar refractivity (Wildman–Crippen MR) is 134 cm³/mol. The van der Waals surface area contributed by atoms with E-state index in [2.05, 4.69) is 4.98 Å². The van der Waals surface area contributed by atoms with Crippen molar-refractivity contribution in [3.05, 3.63) is 83.0 Å². The maximum atomic E-state index is 13.7. The van der Waals surface area contributed by atoms with E-state index in [9.17, 15) is 31.5 Å². The number of rotatable bonds is 5. The van der Waals surface area contributed by atoms with Crippen molar-refractivity contribution in [2.24, 2.45) is 0 Å². The van der Waals surface area contributed by atoms with Crippen molar-refractivity contribution in [1.82, 2.24) is 4.98 Å². The van der Waals surface area contributed by atoms with E-state index in [4.69, 9.17) is 0 Å². The first-order chi connectivity index (χ1) is 17.2. The van der Waals surface area contributed by atoms with Crippen LogP contribution in [0, 0.1) is 6.92 Å². The van der Waals surface area contributed by atoms with Gasteiger partial charge in [0, 0.05) is 23.4 Å². The Morgan fingerprint density at radius 2 is 1.65 bits per heavy atom. The van der Waals surface area contributed by atoms with Crippen molar-refractivity contribution in [2.75, 3.05) is 6.26 Å². The van der Waals surface area contributed by atoms with Crippen LogP contribution in [0.15, 0.2) is 65.7 Å². The lowest BCUT2D eigenvalue weighted by Crippen LogP contribution is -2.24. The largest absolute Gasteiger partial charge is 0.545 e. The lowest BCUT2D eigenvalue weighted by atomic mass is 9.88. The minimum absolute atomic E-state index is 0.0647. The zero-order chi connectivity index (χ0) is 27.3. The molecule has 0 N–H and O–H groups in total. The molecule has 4 aromatic rings. The highest BCUT2D eigenvalue weighted by atomic mass is 32.2. The van der Waals surface area contributed by atoms with Crippen LogP contribution in [-0.2, 0) is 16.0 Å². The first-order valence-electron chi connectivity index (χ1n) is 11.4. The molecule has 0 aliphatic rings. The first kappa shape index (κ1) is 26.3. The van der Waals surface area contributed by atoms with Gasteiger partial charge in [0.2, 0.25) is 0 Å². The monoisotopic (exact) mass is 526 g/mol. The van der Waals surface area contributed by atoms with E-state index in [1.54, 1.807) is 37.3 Å². The van der Waals surface area contributed by atoms with Gasteiger partial charge in [-0.2, -0.15) is 13.2 Å². The third kappa shape index (κ3) is 4.96. The zero-order valence-electron chi connectivity index (χ0n) is 20.5. The van der Waals surface area contributed by atoms with Gasteiger partial charge in [-0.05, 0) is 70.5 Å². The fraction of sp³-hybridized carbons (Fsp3) is 0.214. The molecule has 3 aromatic carbocycles. The Labute approximate surface area is 212 Å². The number of hydrogen-bond donors (Lipinski definition) is 0. The van der Waals surface area contributed by atoms with Crippen LogP contribution in [0.25, 0.3) is 33.2 Å². The van der Waals surface area contributed by atoms with E-state index >= 15 is 0 Å². The molecule has 0 spiro atoms. The summed E-state index contributed by atoms with van der Waals surface area (Å²) in [5.41, 5.74) is 1.82. The summed E-state index contributed by atoms with van der Waals surface area (Å²) >= 11 is 0. The van der Waals surface area contributed by atoms with Crippen molar-refractivity contribution in [1.29, 1.82) is 0 Å². The highest BCUT2D eigenvalue weighted by Gasteiger charge is 2.33. The number of carboxylic acids is 1. The third-order valence-corrected chi connectivity index (χ3v) is 7.44. The SMILES string of the molecule is Cc1c(C(=O)[O-])cc(S(C)(=O)=O)cc1-c1cccc(-c2c(C(C)C)cnc3c(C(F)(F)F)cccc23)c1. The Balaban J connectivity index is 2.04. The van der Waals surface area contributed by atoms with Crippen LogP contribution in [0.5, 0.6) is 0 Å². The average molecular weight is 527 g/mol. The molecule has 0 saturated carbocycles. The number of fused-ring (bicyclic) bond motifs is 1. The lowest BCUT2D eigenvalue weighted by Gasteiger charge is -2.19. The maximum Gasteiger partial charge on any atom is 0.418 e. The summed E-state index contributed by atoms with van der Waals surface area (Å²) in [6.07, 6.45) is -2.16. The quantitative estimate of drug-likeness (QED) is 0.329. The summed E-state index contributed by atoms with van der Waals surface area (Å²) < 4.78 is 65.7. The van der Waals surface area contributed by atoms with E-state index in [0.29, 0.717) is 33.2 Å². The van der Waals surface area contributed by atoms with Gasteiger partial charge in [0.25, 0.3) is 0 Å². The van der Waals surface area contributed by atoms with Crippen LogP contribution in [0.2, 0.25) is 0 Å². The van der Waals surface area contributed by atoms with Crippen LogP contribution in [-0.4, -0.2) is 25.6 Å². The van der Waals surface area contributed by atoms with E-state index in [1.165, 1.54) is 18.3 Å². The Morgan fingerprint density at radius 1 is 1.00 bits per heavy atom. The molecule has 4 rings (SSSR count). The number of carbonyl (C=O) groups excluding carboxylic acids is 1. The Bertz CT molecular complexity index is 1660. The number of pyridine rings is 1. The molecule has 0 atom stereocenters. The van der Waals surface area contributed by atoms with Gasteiger partial charge in [-0.3, -0.25) is 4.98 Å². The van der Waals surface area contributed by atoms with E-state index in [-0.39, 0.29) is 21.9 Å². The molecule has 37 heavy (non-hydrogen) atoms. The number of sulfone groups is 1. The molecule has 9 heteroatoms. The second-order valence-electron chi connectivity index (χ2n) is 9.23. The van der Waals surface area contributed by atoms with Crippen molar-refractivity contribution in [3.8, 4) is 22.3 Å². The molecule has 1 heterocycles. The van der Waals surface area contributed by atoms with Crippen molar-refractivity contribution < 1.29 is 31.5 Å². The Kier molecular flexibility index (Phi) is 6.62. The van der Waals surface area contributed by atoms with Gasteiger partial charge in [0.1, 0.15) is 0 Å². The van der Waals surface area contributed by atoms with E-state index in [0.717, 1.165) is 24.0 Å². The molecule has 192 valence electrons. The summed E-state index contributed by atoms with van der Waals surface area (Å²) in [5, 5.41) is 12.1. The number of carboxylic acid groups (broad SMARTS) is 1. The van der Waals surface area contributed by atoms with Crippen LogP contribution >= 0.6 is 0 Å². The van der Waals surface area contributed by atoms with Gasteiger partial charge in [0.05, 0.1) is 21.9 Å². The van der Waals surface area contributed by atoms with E-state index < -0.39 is 27.5 Å². The van der Waals surface area contributed by atoms with Crippen LogP contribution in [0.3, 0.4) is 0 Å². The highest BCUT2D eigenvalue weighted by molar-refractivity contribution is 7.90. The van der Waals surface area contributed by atoms with Crippen molar-refractivity contribution in [2.45, 2.75) is 37.8 Å². The summed E-state index contributed by atoms with van der Waals surface area (Å²) in [7, 11) is -3.74. The van der Waals surface area contributed by atoms with Crippen LogP contribution in [0.1, 0.15) is 46.8 Å². The topological polar surface area (TPSA) is 87.2 Å². The molecule has 0 aliphatic carbocycles. The van der Waals surface area contributed by atoms with Gasteiger partial charge in [-0.25, -0.2) is 8.42 Å². The summed E-state index contributed by atoms with van der Waals surface area (Å²) in [4.78, 5) is 15.7. The van der Waals surface area contributed by atoms with Gasteiger partial charge in [-0.15, -0.1) is 0 Å². The molecule has 0 amide bonds. The number of aromatic nitrogens is 1. The molecule has 0 unspecified atom stereocenters. The summed E-state index contributed by atoms with van der Waals surface area (Å²) in [5.74, 6) is -1.58. The minimum atomic E-state index is -4.59. The molecule has 0 bridgehead atoms. The molecule has 0 radical (unpaired) electrons. The lowest BCUT2D eigenvalue weighted by molar-refractivity contribution is -0.255. The molecular formula is C28H23F3NO4S-. The minimum Gasteiger partial charge on any atom is -0.545 e. The number of carbonyl (C=O) groups is 1. The van der Waals surface area contributed by atoms with E-state index in [1.807, 2.05) is 13.8 Å². The smallest absolute Gasteiger partial charge is 0.418 e. The highest BCUT2D eigenvalue weighted by Crippen LogP contribution is 2.41. The van der Waals surface area contributed by atoms with Crippen molar-refractivity contribution >= 4 is 26.7 Å². The summed E-state index contributed by atoms with van der Waals surface area (Å²) in [6, 6.07) is 13.2. The fourth-order valence-electron chi connectivity index (χ4n) is 4.48. The van der Waals surface area contributed by atoms with Gasteiger partial charge in [0.15, 0.2) is 9.84 Å². The van der Waals surface area contributed by atoms with Crippen LogP contribution in [0.4, 0.5) is 13.2 Å². The molecule has 0 saturated heterocycles. The normalized spacial score (nSPS) is 12.3. The van der Waals surface area contributed by atoms with Gasteiger partial charge >= 0.3 is 6.18 Å². The number of hydrogen-bond acceptors (Lipinski definition) is 5. The van der Waals surface area contributed by atoms with Crippen molar-refractivity contribution in [3.63, 3.8) is 0 Å². The second-order valence-corrected chi connectivity index (χ2v) is 11.2. The summed E-state index contributed by atoms with van der Waals surface area (Å²) in [6.45, 7) is 5.38. The number of alkyl halides is 3. The standard InChI is InChI=1S/C28H24F3NO4S/c1-15(2)23-14-32-26-20(9-6-10-24(26)28(29,30)31)25(23)18-8-5-7-17(11-18)21-12-19(37(4,35)36)13-22(16(21)3)27(33)34/h5-15H,1-4H3,(H,33,34)/p-1. The maximum absolute atomic E-state index is 13.7. The molecular weight excluding hydrogens is 503 g/mol. The number of benzene rings is 3. The fourth-order valence-corrected chi connectivity index (χ4v) is 5.15. The Morgan fingerprint density at radius 3 is 2.24 bits per heavy atom. The molecule has 5 nitrogen and oxygen atoms in total. The molecule has 0 fully saturated rings. The third-order valence-electron chi connectivity index (χ3n) is 6.35. The molecule has 1 aromatic heterocycles. The number of aromatic carboxylic acids is 1. The number of para-hydroxylation sites is 1. The van der Waals surface area contributed by atoms with Crippen LogP contribution < -0.4 is 5.11 Å².